The number of para-hydroxylation sites is 1. The van der Waals surface area contributed by atoms with Gasteiger partial charge in [0.2, 0.25) is 0 Å². The Hall–Kier alpha value is -2.56. The number of aromatic nitrogens is 1. The highest BCUT2D eigenvalue weighted by atomic mass is 16.2. The molecule has 0 bridgehead atoms. The molecular weight excluding hydrogens is 252 g/mol. The highest BCUT2D eigenvalue weighted by molar-refractivity contribution is 5.94. The van der Waals surface area contributed by atoms with Crippen molar-refractivity contribution in [2.24, 2.45) is 0 Å². The van der Waals surface area contributed by atoms with Gasteiger partial charge < -0.3 is 10.6 Å². The zero-order chi connectivity index (χ0) is 14.1. The van der Waals surface area contributed by atoms with E-state index in [0.717, 1.165) is 16.8 Å². The summed E-state index contributed by atoms with van der Waals surface area (Å²) >= 11 is 0. The molecule has 2 heterocycles. The zero-order valence-electron chi connectivity index (χ0n) is 11.3. The Kier molecular flexibility index (Phi) is 3.02. The minimum atomic E-state index is 0.000486. The summed E-state index contributed by atoms with van der Waals surface area (Å²) in [4.78, 5) is 19.9. The first-order valence-electron chi connectivity index (χ1n) is 6.46. The molecule has 3 rings (SSSR count). The Bertz CT molecular complexity index is 639. The molecule has 1 aromatic heterocycles. The van der Waals surface area contributed by atoms with Crippen LogP contribution in [-0.4, -0.2) is 23.0 Å². The Morgan fingerprint density at radius 1 is 1.25 bits per heavy atom. The van der Waals surface area contributed by atoms with Crippen LogP contribution in [0.3, 0.4) is 0 Å². The van der Waals surface area contributed by atoms with Crippen LogP contribution >= 0.6 is 0 Å². The number of anilines is 2. The lowest BCUT2D eigenvalue weighted by Crippen LogP contribution is -2.44. The lowest BCUT2D eigenvalue weighted by Gasteiger charge is -2.35. The van der Waals surface area contributed by atoms with Crippen LogP contribution in [0.4, 0.5) is 16.3 Å². The largest absolute Gasteiger partial charge is 0.384 e. The smallest absolute Gasteiger partial charge is 0.324 e. The van der Waals surface area contributed by atoms with Gasteiger partial charge in [-0.05, 0) is 23.3 Å². The molecule has 0 radical (unpaired) electrons. The standard InChI is InChI=1S/C15H16N4O/c1-18-10-12-4-2-3-5-13(12)19(15(18)20)9-11-6-7-14(16)17-8-11/h2-8H,9-10H2,1H3,(H2,16,17). The average Bonchev–Trinajstić information content (AvgIpc) is 2.46. The second kappa shape index (κ2) is 4.85. The highest BCUT2D eigenvalue weighted by Gasteiger charge is 2.27. The summed E-state index contributed by atoms with van der Waals surface area (Å²) in [5, 5.41) is 0. The third-order valence-electron chi connectivity index (χ3n) is 3.44. The molecule has 0 atom stereocenters. The van der Waals surface area contributed by atoms with Crippen LogP contribution < -0.4 is 10.6 Å². The molecule has 0 aliphatic carbocycles. The van der Waals surface area contributed by atoms with Gasteiger partial charge in [-0.25, -0.2) is 9.78 Å². The maximum absolute atomic E-state index is 12.4. The van der Waals surface area contributed by atoms with E-state index in [9.17, 15) is 4.79 Å². The molecule has 0 fully saturated rings. The van der Waals surface area contributed by atoms with Crippen LogP contribution in [0, 0.1) is 0 Å². The van der Waals surface area contributed by atoms with Gasteiger partial charge in [0.15, 0.2) is 0 Å². The summed E-state index contributed by atoms with van der Waals surface area (Å²) in [6, 6.07) is 11.6. The van der Waals surface area contributed by atoms with Crippen LogP contribution in [-0.2, 0) is 13.1 Å². The molecule has 2 N–H and O–H groups in total. The van der Waals surface area contributed by atoms with Crippen molar-refractivity contribution >= 4 is 17.5 Å². The number of pyridine rings is 1. The number of nitrogens with zero attached hydrogens (tertiary/aromatic N) is 3. The first-order chi connectivity index (χ1) is 9.65. The van der Waals surface area contributed by atoms with Crippen LogP contribution in [0.15, 0.2) is 42.6 Å². The number of carbonyl (C=O) groups excluding carboxylic acids is 1. The summed E-state index contributed by atoms with van der Waals surface area (Å²) in [7, 11) is 1.81. The van der Waals surface area contributed by atoms with E-state index < -0.39 is 0 Å². The van der Waals surface area contributed by atoms with Crippen LogP contribution in [0.1, 0.15) is 11.1 Å². The van der Waals surface area contributed by atoms with E-state index >= 15 is 0 Å². The summed E-state index contributed by atoms with van der Waals surface area (Å²) in [5.74, 6) is 0.483. The molecule has 1 aromatic carbocycles. The number of fused-ring (bicyclic) bond motifs is 1. The number of nitrogen functional groups attached to an aromatic ring is 1. The lowest BCUT2D eigenvalue weighted by molar-refractivity contribution is 0.210. The molecule has 5 heteroatoms. The van der Waals surface area contributed by atoms with E-state index in [0.29, 0.717) is 18.9 Å². The zero-order valence-corrected chi connectivity index (χ0v) is 11.3. The van der Waals surface area contributed by atoms with Crippen LogP contribution in [0.2, 0.25) is 0 Å². The van der Waals surface area contributed by atoms with Crippen LogP contribution in [0.25, 0.3) is 0 Å². The van der Waals surface area contributed by atoms with Crippen molar-refractivity contribution in [3.8, 4) is 0 Å². The van der Waals surface area contributed by atoms with Gasteiger partial charge in [-0.15, -0.1) is 0 Å². The first-order valence-corrected chi connectivity index (χ1v) is 6.46. The minimum absolute atomic E-state index is 0.000486. The minimum Gasteiger partial charge on any atom is -0.384 e. The number of benzene rings is 1. The number of hydrogen-bond acceptors (Lipinski definition) is 3. The SMILES string of the molecule is CN1Cc2ccccc2N(Cc2ccc(N)nc2)C1=O. The molecule has 2 aromatic rings. The highest BCUT2D eigenvalue weighted by Crippen LogP contribution is 2.28. The monoisotopic (exact) mass is 268 g/mol. The van der Waals surface area contributed by atoms with Crippen molar-refractivity contribution in [3.63, 3.8) is 0 Å². The molecule has 0 spiro atoms. The van der Waals surface area contributed by atoms with Gasteiger partial charge in [0, 0.05) is 19.8 Å². The van der Waals surface area contributed by atoms with Crippen molar-refractivity contribution in [1.82, 2.24) is 9.88 Å². The topological polar surface area (TPSA) is 62.5 Å². The molecule has 20 heavy (non-hydrogen) atoms. The van der Waals surface area contributed by atoms with Gasteiger partial charge in [0.05, 0.1) is 12.2 Å². The normalized spacial score (nSPS) is 14.3. The Labute approximate surface area is 117 Å². The number of hydrogen-bond donors (Lipinski definition) is 1. The summed E-state index contributed by atoms with van der Waals surface area (Å²) in [5.41, 5.74) is 8.66. The average molecular weight is 268 g/mol. The van der Waals surface area contributed by atoms with E-state index in [-0.39, 0.29) is 6.03 Å². The summed E-state index contributed by atoms with van der Waals surface area (Å²) in [6.07, 6.45) is 1.71. The maximum atomic E-state index is 12.4. The molecule has 1 aliphatic rings. The molecule has 1 aliphatic heterocycles. The fourth-order valence-electron chi connectivity index (χ4n) is 2.40. The molecule has 0 unspecified atom stereocenters. The number of nitrogens with two attached hydrogens (primary N) is 1. The molecule has 102 valence electrons. The summed E-state index contributed by atoms with van der Waals surface area (Å²) in [6.45, 7) is 1.14. The third-order valence-corrected chi connectivity index (χ3v) is 3.44. The van der Waals surface area contributed by atoms with Crippen molar-refractivity contribution in [2.45, 2.75) is 13.1 Å². The van der Waals surface area contributed by atoms with Gasteiger partial charge >= 0.3 is 6.03 Å². The quantitative estimate of drug-likeness (QED) is 0.908. The van der Waals surface area contributed by atoms with E-state index in [2.05, 4.69) is 4.98 Å². The van der Waals surface area contributed by atoms with Crippen molar-refractivity contribution in [1.29, 1.82) is 0 Å². The van der Waals surface area contributed by atoms with Crippen molar-refractivity contribution < 1.29 is 4.79 Å². The van der Waals surface area contributed by atoms with Crippen LogP contribution in [0.5, 0.6) is 0 Å². The number of carbonyl (C=O) groups is 1. The van der Waals surface area contributed by atoms with Crippen molar-refractivity contribution in [2.75, 3.05) is 17.7 Å². The van der Waals surface area contributed by atoms with Gasteiger partial charge in [-0.2, -0.15) is 0 Å². The Morgan fingerprint density at radius 3 is 2.80 bits per heavy atom. The second-order valence-corrected chi connectivity index (χ2v) is 4.94. The van der Waals surface area contributed by atoms with E-state index in [4.69, 9.17) is 5.73 Å². The third kappa shape index (κ3) is 2.18. The van der Waals surface area contributed by atoms with Gasteiger partial charge in [-0.1, -0.05) is 24.3 Å². The van der Waals surface area contributed by atoms with Crippen molar-refractivity contribution in [3.05, 3.63) is 53.7 Å². The number of urea groups is 1. The predicted octanol–water partition coefficient (Wildman–Crippen LogP) is 2.24. The lowest BCUT2D eigenvalue weighted by atomic mass is 10.1. The fraction of sp³-hybridized carbons (Fsp3) is 0.200. The molecule has 2 amide bonds. The summed E-state index contributed by atoms with van der Waals surface area (Å²) < 4.78 is 0. The van der Waals surface area contributed by atoms with E-state index in [1.807, 2.05) is 37.4 Å². The number of amides is 2. The van der Waals surface area contributed by atoms with Gasteiger partial charge in [-0.3, -0.25) is 4.90 Å². The molecule has 5 nitrogen and oxygen atoms in total. The number of rotatable bonds is 2. The molecular formula is C15H16N4O. The van der Waals surface area contributed by atoms with E-state index in [1.54, 1.807) is 22.1 Å². The molecule has 0 saturated heterocycles. The van der Waals surface area contributed by atoms with E-state index in [1.165, 1.54) is 0 Å². The maximum Gasteiger partial charge on any atom is 0.324 e. The van der Waals surface area contributed by atoms with Gasteiger partial charge in [0.1, 0.15) is 5.82 Å². The van der Waals surface area contributed by atoms with Gasteiger partial charge in [0.25, 0.3) is 0 Å². The second-order valence-electron chi connectivity index (χ2n) is 4.94. The molecule has 0 saturated carbocycles. The first kappa shape index (κ1) is 12.5. The Morgan fingerprint density at radius 2 is 2.05 bits per heavy atom. The predicted molar refractivity (Wildman–Crippen MR) is 78.1 cm³/mol. The Balaban J connectivity index is 1.95. The fourth-order valence-corrected chi connectivity index (χ4v) is 2.40.